The fourth-order valence-electron chi connectivity index (χ4n) is 6.43. The molecule has 6 atom stereocenters. The highest BCUT2D eigenvalue weighted by Crippen LogP contribution is 2.22. The van der Waals surface area contributed by atoms with Crippen LogP contribution < -0.4 is 0 Å². The zero-order valence-electron chi connectivity index (χ0n) is 35.6. The molecule has 0 aromatic heterocycles. The summed E-state index contributed by atoms with van der Waals surface area (Å²) in [5, 5.41) is 40.1. The summed E-state index contributed by atoms with van der Waals surface area (Å²) in [7, 11) is 0. The van der Waals surface area contributed by atoms with Crippen LogP contribution in [0.4, 0.5) is 0 Å². The number of aliphatic hydroxyl groups excluding tert-OH is 4. The van der Waals surface area contributed by atoms with Crippen LogP contribution in [0.15, 0.2) is 60.8 Å². The Labute approximate surface area is 345 Å². The highest BCUT2D eigenvalue weighted by atomic mass is 16.7. The van der Waals surface area contributed by atoms with Gasteiger partial charge in [0.1, 0.15) is 31.0 Å². The van der Waals surface area contributed by atoms with Gasteiger partial charge in [0.2, 0.25) is 0 Å². The molecule has 1 fully saturated rings. The Balaban J connectivity index is 2.35. The summed E-state index contributed by atoms with van der Waals surface area (Å²) in [5.74, 6) is -0.842. The minimum atomic E-state index is -1.60. The van der Waals surface area contributed by atoms with Crippen LogP contribution in [0, 0.1) is 0 Å². The van der Waals surface area contributed by atoms with Gasteiger partial charge in [-0.25, -0.2) is 0 Å². The highest BCUT2D eigenvalue weighted by molar-refractivity contribution is 5.70. The molecule has 1 aliphatic rings. The van der Waals surface area contributed by atoms with Crippen LogP contribution in [0.2, 0.25) is 0 Å². The standard InChI is InChI=1S/C47H80O10/c1-3-5-7-9-11-13-15-17-19-20-22-23-25-27-29-31-33-35-42(49)54-38-40(39-55-47-46(53)45(52)44(51)41(37-48)57-47)56-43(50)36-34-32-30-28-26-24-21-18-16-14-12-10-8-6-4-2/h6,8,10,12,14,16-19,21,40-41,44-48,51-53H,3-5,7,9,11,13,15,20,22-39H2,1-2H3/b8-6+,12-10+,16-14+,19-17+,21-18+/t40-,41-,44+,45?,46?,47-/m0/s1. The SMILES string of the molecule is CC/C=C/C=C/C=C/C=C/CCCCCCCC(=O)O[C@@H](COC(=O)CCCCCCCCC/C=C/CCCCCCCC)CO[C@H]1O[C@@H](CO)[C@@H](O)C(O)C1O. The van der Waals surface area contributed by atoms with Crippen molar-refractivity contribution in [2.24, 2.45) is 0 Å². The molecule has 1 aliphatic heterocycles. The molecule has 1 heterocycles. The number of carbonyl (C=O) groups excluding carboxylic acids is 2. The lowest BCUT2D eigenvalue weighted by Gasteiger charge is -2.39. The summed E-state index contributed by atoms with van der Waals surface area (Å²) in [4.78, 5) is 25.3. The van der Waals surface area contributed by atoms with Crippen molar-refractivity contribution in [3.63, 3.8) is 0 Å². The van der Waals surface area contributed by atoms with Gasteiger partial charge in [0.05, 0.1) is 13.2 Å². The molecule has 0 aliphatic carbocycles. The molecule has 0 radical (unpaired) electrons. The number of esters is 2. The first-order valence-corrected chi connectivity index (χ1v) is 22.4. The second-order valence-corrected chi connectivity index (χ2v) is 15.2. The molecular weight excluding hydrogens is 725 g/mol. The Hall–Kier alpha value is -2.60. The summed E-state index contributed by atoms with van der Waals surface area (Å²) in [5.41, 5.74) is 0. The number of hydrogen-bond acceptors (Lipinski definition) is 10. The van der Waals surface area contributed by atoms with E-state index in [1.807, 2.05) is 30.4 Å². The second kappa shape index (κ2) is 37.7. The monoisotopic (exact) mass is 805 g/mol. The van der Waals surface area contributed by atoms with E-state index in [1.54, 1.807) is 0 Å². The molecule has 0 saturated carbocycles. The third-order valence-corrected chi connectivity index (χ3v) is 9.98. The maximum absolute atomic E-state index is 12.8. The van der Waals surface area contributed by atoms with E-state index in [4.69, 9.17) is 18.9 Å². The van der Waals surface area contributed by atoms with Gasteiger partial charge >= 0.3 is 11.9 Å². The minimum Gasteiger partial charge on any atom is -0.462 e. The summed E-state index contributed by atoms with van der Waals surface area (Å²) < 4.78 is 22.1. The Bertz CT molecular complexity index is 1110. The van der Waals surface area contributed by atoms with Gasteiger partial charge in [-0.05, 0) is 57.8 Å². The molecule has 1 saturated heterocycles. The Morgan fingerprint density at radius 3 is 1.61 bits per heavy atom. The average molecular weight is 805 g/mol. The fourth-order valence-corrected chi connectivity index (χ4v) is 6.43. The van der Waals surface area contributed by atoms with Crippen molar-refractivity contribution in [2.75, 3.05) is 19.8 Å². The van der Waals surface area contributed by atoms with Gasteiger partial charge in [0.15, 0.2) is 12.4 Å². The van der Waals surface area contributed by atoms with E-state index in [0.717, 1.165) is 64.2 Å². The van der Waals surface area contributed by atoms with E-state index in [0.29, 0.717) is 12.8 Å². The molecule has 0 bridgehead atoms. The van der Waals surface area contributed by atoms with Crippen molar-refractivity contribution in [2.45, 2.75) is 205 Å². The smallest absolute Gasteiger partial charge is 0.306 e. The van der Waals surface area contributed by atoms with E-state index in [-0.39, 0.29) is 32.0 Å². The molecular formula is C47H80O10. The largest absolute Gasteiger partial charge is 0.462 e. The molecule has 0 amide bonds. The van der Waals surface area contributed by atoms with Crippen molar-refractivity contribution in [3.05, 3.63) is 60.8 Å². The number of unbranched alkanes of at least 4 members (excludes halogenated alkanes) is 18. The predicted octanol–water partition coefficient (Wildman–Crippen LogP) is 9.44. The quantitative estimate of drug-likeness (QED) is 0.0209. The van der Waals surface area contributed by atoms with Gasteiger partial charge in [-0.15, -0.1) is 0 Å². The summed E-state index contributed by atoms with van der Waals surface area (Å²) >= 11 is 0. The van der Waals surface area contributed by atoms with Gasteiger partial charge in [0.25, 0.3) is 0 Å². The summed E-state index contributed by atoms with van der Waals surface area (Å²) in [6.07, 6.45) is 37.9. The van der Waals surface area contributed by atoms with Gasteiger partial charge in [-0.3, -0.25) is 9.59 Å². The number of hydrogen-bond donors (Lipinski definition) is 4. The first-order valence-electron chi connectivity index (χ1n) is 22.4. The zero-order chi connectivity index (χ0) is 41.6. The van der Waals surface area contributed by atoms with E-state index in [2.05, 4.69) is 44.2 Å². The maximum Gasteiger partial charge on any atom is 0.306 e. The van der Waals surface area contributed by atoms with Crippen LogP contribution in [-0.2, 0) is 28.5 Å². The summed E-state index contributed by atoms with van der Waals surface area (Å²) in [6, 6.07) is 0. The lowest BCUT2D eigenvalue weighted by molar-refractivity contribution is -0.305. The normalized spacial score (nSPS) is 20.8. The van der Waals surface area contributed by atoms with Crippen LogP contribution in [0.1, 0.15) is 168 Å². The highest BCUT2D eigenvalue weighted by Gasteiger charge is 2.44. The topological polar surface area (TPSA) is 152 Å². The Kier molecular flexibility index (Phi) is 34.6. The van der Waals surface area contributed by atoms with Gasteiger partial charge in [0, 0.05) is 12.8 Å². The van der Waals surface area contributed by atoms with E-state index >= 15 is 0 Å². The van der Waals surface area contributed by atoms with Gasteiger partial charge in [-0.2, -0.15) is 0 Å². The average Bonchev–Trinajstić information content (AvgIpc) is 3.21. The Morgan fingerprint density at radius 1 is 0.561 bits per heavy atom. The van der Waals surface area contributed by atoms with Crippen LogP contribution in [0.3, 0.4) is 0 Å². The molecule has 328 valence electrons. The third-order valence-electron chi connectivity index (χ3n) is 9.98. The molecule has 2 unspecified atom stereocenters. The lowest BCUT2D eigenvalue weighted by Crippen LogP contribution is -2.59. The van der Waals surface area contributed by atoms with Crippen LogP contribution in [-0.4, -0.2) is 89.0 Å². The van der Waals surface area contributed by atoms with Crippen molar-refractivity contribution in [3.8, 4) is 0 Å². The minimum absolute atomic E-state index is 0.201. The zero-order valence-corrected chi connectivity index (χ0v) is 35.6. The predicted molar refractivity (Wildman–Crippen MR) is 228 cm³/mol. The molecule has 0 aromatic carbocycles. The second-order valence-electron chi connectivity index (χ2n) is 15.2. The van der Waals surface area contributed by atoms with E-state index in [9.17, 15) is 30.0 Å². The molecule has 10 nitrogen and oxygen atoms in total. The van der Waals surface area contributed by atoms with Crippen molar-refractivity contribution >= 4 is 11.9 Å². The molecule has 10 heteroatoms. The molecule has 4 N–H and O–H groups in total. The van der Waals surface area contributed by atoms with Crippen molar-refractivity contribution in [1.82, 2.24) is 0 Å². The van der Waals surface area contributed by atoms with Gasteiger partial charge < -0.3 is 39.4 Å². The molecule has 57 heavy (non-hydrogen) atoms. The van der Waals surface area contributed by atoms with Crippen molar-refractivity contribution in [1.29, 1.82) is 0 Å². The van der Waals surface area contributed by atoms with E-state index < -0.39 is 49.4 Å². The number of ether oxygens (including phenoxy) is 4. The third kappa shape index (κ3) is 29.3. The van der Waals surface area contributed by atoms with Crippen LogP contribution in [0.25, 0.3) is 0 Å². The van der Waals surface area contributed by atoms with Gasteiger partial charge in [-0.1, -0.05) is 158 Å². The van der Waals surface area contributed by atoms with E-state index in [1.165, 1.54) is 64.2 Å². The molecule has 1 rings (SSSR count). The number of allylic oxidation sites excluding steroid dienone is 10. The number of aliphatic hydroxyl groups is 4. The fraction of sp³-hybridized carbons (Fsp3) is 0.745. The number of carbonyl (C=O) groups is 2. The molecule has 0 spiro atoms. The Morgan fingerprint density at radius 2 is 1.05 bits per heavy atom. The summed E-state index contributed by atoms with van der Waals surface area (Å²) in [6.45, 7) is 3.24. The maximum atomic E-state index is 12.8. The van der Waals surface area contributed by atoms with Crippen LogP contribution in [0.5, 0.6) is 0 Å². The lowest BCUT2D eigenvalue weighted by atomic mass is 9.99. The first kappa shape index (κ1) is 52.4. The van der Waals surface area contributed by atoms with Crippen molar-refractivity contribution < 1.29 is 49.0 Å². The first-order chi connectivity index (χ1) is 27.8. The van der Waals surface area contributed by atoms with Crippen LogP contribution >= 0.6 is 0 Å². The molecule has 0 aromatic rings. The number of rotatable bonds is 36.